The molecular formula is C114H162N8O22. The van der Waals surface area contributed by atoms with Crippen molar-refractivity contribution in [3.05, 3.63) is 229 Å². The van der Waals surface area contributed by atoms with Crippen molar-refractivity contribution in [2.24, 2.45) is 23.7 Å². The standard InChI is InChI=1S/C27H34N2O7.C22H34N2O4.C21H32N2O4.C20H30N2O4.3C7H8O.C3H8/c1-3-4-12-28-25(30)16-29-15-19(18-9-10-23-24(14-18)36-17-35-23)26(27(31)32)20(29)11-13-34-22-8-6-5-7-21(22)33-2;1-5-8-13-23(7-3)20(25)15-24-14-18(21(22(26)27)19(24)6-2)16-9-11-17(28-4)12-10-16;1-5-7-12-22(3)19(24)14-23-13-17(20(21(25)26)18(23)6-2)15-8-10-16(27-4)11-9-15;1-4-6-11-21-18(23)13-22-12-16(19(20(24)25)17(22)5-2)14-7-9-15(26-3)10-8-14;3*1-8-7-5-3-2-4-6-7;1-3-2/h5-10,14,19-20,26H,3-4,11-13,15-17H2,1-2H3,(H,28,30)(H,31,32);9-12,18-19,21H,5-8,13-15H2,1-4H3,(H,26,27);8-11,17-18,20H,5-7,12-14H2,1-4H3,(H,25,26);7-10,16-17,19H,4-6,11-13H2,1-3H3,(H,21,23)(H,24,25);3*2-6H,1H3;3H2,1-2H3/t19-,20+,26-;18-,19+,21-;17-,18+,20-;16-,17+,19-;;;;/m1111..../s1. The van der Waals surface area contributed by atoms with Crippen LogP contribution in [0.4, 0.5) is 0 Å². The molecule has 0 aliphatic carbocycles. The fourth-order valence-corrected chi connectivity index (χ4v) is 18.8. The summed E-state index contributed by atoms with van der Waals surface area (Å²) in [4.78, 5) is 111. The van der Waals surface area contributed by atoms with Crippen LogP contribution in [0.15, 0.2) is 206 Å². The molecule has 5 aliphatic rings. The summed E-state index contributed by atoms with van der Waals surface area (Å²) in [7, 11) is 13.2. The Kier molecular flexibility index (Phi) is 55.3. The molecule has 4 fully saturated rings. The first-order chi connectivity index (χ1) is 69.6. The molecule has 0 spiro atoms. The largest absolute Gasteiger partial charge is 0.497 e. The predicted molar refractivity (Wildman–Crippen MR) is 563 cm³/mol. The SMILES string of the molecule is CCC.CCCCN(C)C(=O)CN1C[C@H](c2ccc(OC)cc2)[C@@H](C(=O)O)[C@@H]1CC.CCCCN(CC)C(=O)CN1C[C@H](c2ccc(OC)cc2)[C@@H](C(=O)O)[C@@H]1CC.CCCCNC(=O)CN1C[C@H](c2ccc(OC)cc2)[C@@H](C(=O)O)[C@@H]1CC.CCCCNC(=O)CN1C[C@H](c2ccc3c(c2)OCO3)[C@@H](C(=O)O)[C@@H]1CCOc1ccccc1OC.COc1ccccc1.COc1ccccc1.COc1ccccc1. The van der Waals surface area contributed by atoms with Gasteiger partial charge in [-0.2, -0.15) is 0 Å². The van der Waals surface area contributed by atoms with Crippen LogP contribution >= 0.6 is 0 Å². The number of likely N-dealkylation sites (N-methyl/N-ethyl adjacent to an activating group) is 2. The summed E-state index contributed by atoms with van der Waals surface area (Å²) in [6.45, 7) is 27.6. The molecule has 0 unspecified atom stereocenters. The summed E-state index contributed by atoms with van der Waals surface area (Å²) in [5, 5.41) is 45.8. The van der Waals surface area contributed by atoms with Gasteiger partial charge in [-0.3, -0.25) is 58.0 Å². The average Bonchev–Trinajstić information content (AvgIpc) is 1.65. The molecule has 13 rings (SSSR count). The van der Waals surface area contributed by atoms with Crippen LogP contribution in [0.25, 0.3) is 0 Å². The number of aliphatic carboxylic acids is 4. The van der Waals surface area contributed by atoms with Gasteiger partial charge in [0, 0.05) is 114 Å². The van der Waals surface area contributed by atoms with Crippen molar-refractivity contribution in [2.75, 3.05) is 155 Å². The van der Waals surface area contributed by atoms with Crippen LogP contribution in [-0.4, -0.2) is 277 Å². The number of hydrogen-bond donors (Lipinski definition) is 6. The van der Waals surface area contributed by atoms with E-state index in [2.05, 4.69) is 62.0 Å². The number of carbonyl (C=O) groups excluding carboxylic acids is 4. The molecule has 5 aliphatic heterocycles. The Morgan fingerprint density at radius 1 is 0.354 bits per heavy atom. The highest BCUT2D eigenvalue weighted by Crippen LogP contribution is 2.46. The first-order valence-corrected chi connectivity index (χ1v) is 50.9. The highest BCUT2D eigenvalue weighted by Gasteiger charge is 2.51. The number of carboxylic acid groups (broad SMARTS) is 4. The number of rotatable bonds is 43. The number of methoxy groups -OCH3 is 7. The molecule has 8 aromatic rings. The molecule has 12 atom stereocenters. The van der Waals surface area contributed by atoms with Gasteiger partial charge in [0.1, 0.15) is 34.5 Å². The van der Waals surface area contributed by atoms with Crippen molar-refractivity contribution in [1.29, 1.82) is 0 Å². The molecule has 5 heterocycles. The highest BCUT2D eigenvalue weighted by molar-refractivity contribution is 5.82. The zero-order valence-corrected chi connectivity index (χ0v) is 88.2. The Labute approximate surface area is 854 Å². The van der Waals surface area contributed by atoms with Crippen molar-refractivity contribution in [1.82, 2.24) is 40.0 Å². The summed E-state index contributed by atoms with van der Waals surface area (Å²) < 4.78 is 52.6. The van der Waals surface area contributed by atoms with Gasteiger partial charge in [-0.15, -0.1) is 0 Å². The van der Waals surface area contributed by atoms with Crippen LogP contribution in [0.1, 0.15) is 199 Å². The minimum atomic E-state index is -0.895. The van der Waals surface area contributed by atoms with E-state index in [-0.39, 0.29) is 111 Å². The number of amides is 4. The van der Waals surface area contributed by atoms with Crippen LogP contribution in [0.3, 0.4) is 0 Å². The molecule has 0 saturated carbocycles. The van der Waals surface area contributed by atoms with E-state index in [1.54, 1.807) is 54.7 Å². The van der Waals surface area contributed by atoms with Gasteiger partial charge in [-0.05, 0) is 178 Å². The zero-order valence-electron chi connectivity index (χ0n) is 88.2. The number of ether oxygens (including phenoxy) is 10. The third-order valence-electron chi connectivity index (χ3n) is 26.4. The lowest BCUT2D eigenvalue weighted by atomic mass is 9.84. The van der Waals surface area contributed by atoms with Crippen molar-refractivity contribution in [3.8, 4) is 57.5 Å². The highest BCUT2D eigenvalue weighted by atomic mass is 16.7. The van der Waals surface area contributed by atoms with Gasteiger partial charge >= 0.3 is 23.9 Å². The minimum absolute atomic E-state index is 0.0311. The molecule has 4 saturated heterocycles. The van der Waals surface area contributed by atoms with Crippen molar-refractivity contribution < 1.29 is 106 Å². The number of nitrogens with zero attached hydrogens (tertiary/aromatic N) is 6. The Bertz CT molecular complexity index is 4920. The smallest absolute Gasteiger partial charge is 0.308 e. The molecule has 4 amide bonds. The molecular weight excluding hydrogens is 1830 g/mol. The molecule has 8 aromatic carbocycles. The Hall–Kier alpha value is -12.6. The van der Waals surface area contributed by atoms with Crippen LogP contribution < -0.4 is 58.0 Å². The second kappa shape index (κ2) is 66.3. The minimum Gasteiger partial charge on any atom is -0.497 e. The van der Waals surface area contributed by atoms with Crippen LogP contribution in [-0.2, 0) is 38.4 Å². The van der Waals surface area contributed by atoms with Crippen molar-refractivity contribution >= 4 is 47.5 Å². The van der Waals surface area contributed by atoms with Gasteiger partial charge in [0.2, 0.25) is 30.4 Å². The van der Waals surface area contributed by atoms with E-state index in [0.717, 1.165) is 121 Å². The number of para-hydroxylation sites is 5. The molecule has 30 nitrogen and oxygen atoms in total. The van der Waals surface area contributed by atoms with Crippen molar-refractivity contribution in [3.63, 3.8) is 0 Å². The second-order valence-corrected chi connectivity index (χ2v) is 36.0. The maximum atomic E-state index is 12.8. The second-order valence-electron chi connectivity index (χ2n) is 36.0. The van der Waals surface area contributed by atoms with Crippen LogP contribution in [0.5, 0.6) is 57.5 Å². The Balaban J connectivity index is 0.000000270. The lowest BCUT2D eigenvalue weighted by Gasteiger charge is -2.28. The van der Waals surface area contributed by atoms with E-state index in [1.165, 1.54) is 6.42 Å². The number of likely N-dealkylation sites (tertiary alicyclic amines) is 4. The number of fused-ring (bicyclic) bond motifs is 1. The molecule has 144 heavy (non-hydrogen) atoms. The van der Waals surface area contributed by atoms with Crippen LogP contribution in [0, 0.1) is 23.7 Å². The van der Waals surface area contributed by atoms with E-state index in [4.69, 9.17) is 47.4 Å². The van der Waals surface area contributed by atoms with Gasteiger partial charge in [-0.1, -0.05) is 204 Å². The first kappa shape index (κ1) is 120. The summed E-state index contributed by atoms with van der Waals surface area (Å²) >= 11 is 0. The molecule has 0 radical (unpaired) electrons. The summed E-state index contributed by atoms with van der Waals surface area (Å²) in [5.41, 5.74) is 3.80. The number of carbonyl (C=O) groups is 8. The lowest BCUT2D eigenvalue weighted by Crippen LogP contribution is -2.44. The average molecular weight is 2000 g/mol. The zero-order chi connectivity index (χ0) is 105. The van der Waals surface area contributed by atoms with E-state index < -0.39 is 47.5 Å². The van der Waals surface area contributed by atoms with Gasteiger partial charge in [0.05, 0.1) is 106 Å². The fraction of sp³-hybridized carbons (Fsp3) is 0.509. The number of unbranched alkanes of at least 4 members (excludes halogenated alkanes) is 4. The third kappa shape index (κ3) is 37.8. The molecule has 6 N–H and O–H groups in total. The maximum Gasteiger partial charge on any atom is 0.308 e. The van der Waals surface area contributed by atoms with Gasteiger partial charge in [0.25, 0.3) is 0 Å². The number of hydrogen-bond acceptors (Lipinski definition) is 22. The number of carboxylic acids is 4. The summed E-state index contributed by atoms with van der Waals surface area (Å²) in [5.74, 6) is 1.22. The lowest BCUT2D eigenvalue weighted by molar-refractivity contribution is -0.144. The van der Waals surface area contributed by atoms with Crippen LogP contribution in [0.2, 0.25) is 0 Å². The van der Waals surface area contributed by atoms with Gasteiger partial charge < -0.3 is 88.2 Å². The fourth-order valence-electron chi connectivity index (χ4n) is 18.8. The molecule has 0 bridgehead atoms. The third-order valence-corrected chi connectivity index (χ3v) is 26.4. The summed E-state index contributed by atoms with van der Waals surface area (Å²) in [6.07, 6.45) is 11.7. The number of nitrogens with one attached hydrogen (secondary N) is 2. The molecule has 0 aromatic heterocycles. The molecule has 790 valence electrons. The Morgan fingerprint density at radius 3 is 1.01 bits per heavy atom. The topological polar surface area (TPSA) is 353 Å². The normalized spacial score (nSPS) is 19.5. The van der Waals surface area contributed by atoms with Gasteiger partial charge in [-0.25, -0.2) is 0 Å². The molecule has 30 heteroatoms. The predicted octanol–water partition coefficient (Wildman–Crippen LogP) is 18.3. The van der Waals surface area contributed by atoms with Gasteiger partial charge in [0.15, 0.2) is 23.0 Å². The monoisotopic (exact) mass is 2000 g/mol. The first-order valence-electron chi connectivity index (χ1n) is 50.9. The number of benzene rings is 8. The van der Waals surface area contributed by atoms with E-state index in [9.17, 15) is 58.8 Å². The quantitative estimate of drug-likeness (QED) is 0.0193. The van der Waals surface area contributed by atoms with E-state index in [0.29, 0.717) is 94.5 Å². The maximum absolute atomic E-state index is 12.8. The van der Waals surface area contributed by atoms with E-state index >= 15 is 0 Å². The van der Waals surface area contributed by atoms with Crippen molar-refractivity contribution in [2.45, 2.75) is 201 Å². The summed E-state index contributed by atoms with van der Waals surface area (Å²) in [6, 6.07) is 63.9. The van der Waals surface area contributed by atoms with E-state index in [1.807, 2.05) is 256 Å². The Morgan fingerprint density at radius 2 is 0.667 bits per heavy atom.